The molecule has 0 saturated carbocycles. The van der Waals surface area contributed by atoms with Crippen molar-refractivity contribution in [3.63, 3.8) is 0 Å². The lowest BCUT2D eigenvalue weighted by Gasteiger charge is -2.09. The van der Waals surface area contributed by atoms with Crippen molar-refractivity contribution in [2.24, 2.45) is 0 Å². The number of hydrogen-bond acceptors (Lipinski definition) is 3. The van der Waals surface area contributed by atoms with Crippen molar-refractivity contribution < 1.29 is 18.3 Å². The Kier molecular flexibility index (Phi) is 6.25. The van der Waals surface area contributed by atoms with Crippen LogP contribution in [-0.4, -0.2) is 12.5 Å². The third-order valence-corrected chi connectivity index (χ3v) is 3.66. The minimum Gasteiger partial charge on any atom is -0.434 e. The van der Waals surface area contributed by atoms with Crippen LogP contribution in [0.25, 0.3) is 6.08 Å². The molecule has 2 aromatic carbocycles. The molecule has 0 heterocycles. The van der Waals surface area contributed by atoms with Crippen LogP contribution in [0, 0.1) is 18.3 Å². The quantitative estimate of drug-likeness (QED) is 0.566. The number of benzene rings is 2. The van der Waals surface area contributed by atoms with Gasteiger partial charge in [0.25, 0.3) is 5.91 Å². The van der Waals surface area contributed by atoms with E-state index in [-0.39, 0.29) is 16.9 Å². The van der Waals surface area contributed by atoms with Crippen LogP contribution in [0.1, 0.15) is 11.1 Å². The highest BCUT2D eigenvalue weighted by atomic mass is 79.9. The van der Waals surface area contributed by atoms with Crippen molar-refractivity contribution in [1.29, 1.82) is 5.26 Å². The van der Waals surface area contributed by atoms with E-state index in [2.05, 4.69) is 26.0 Å². The molecule has 1 N–H and O–H groups in total. The summed E-state index contributed by atoms with van der Waals surface area (Å²) < 4.78 is 30.0. The maximum Gasteiger partial charge on any atom is 0.387 e. The summed E-state index contributed by atoms with van der Waals surface area (Å²) in [5.74, 6) is -0.775. The predicted octanol–water partition coefficient (Wildman–Crippen LogP) is 4.90. The van der Waals surface area contributed by atoms with Gasteiger partial charge in [-0.1, -0.05) is 33.6 Å². The first kappa shape index (κ1) is 18.6. The third-order valence-electron chi connectivity index (χ3n) is 3.16. The molecule has 0 spiro atoms. The Morgan fingerprint density at radius 2 is 1.96 bits per heavy atom. The molecular formula is C18H13BrF2N2O2. The topological polar surface area (TPSA) is 62.1 Å². The zero-order chi connectivity index (χ0) is 18.4. The van der Waals surface area contributed by atoms with Crippen molar-refractivity contribution in [2.75, 3.05) is 5.32 Å². The molecule has 0 radical (unpaired) electrons. The Hall–Kier alpha value is -2.72. The second-order valence-corrected chi connectivity index (χ2v) is 5.97. The van der Waals surface area contributed by atoms with Gasteiger partial charge in [-0.05, 0) is 43.3 Å². The zero-order valence-corrected chi connectivity index (χ0v) is 14.7. The molecule has 4 nitrogen and oxygen atoms in total. The number of nitrogens with one attached hydrogen (secondary N) is 1. The van der Waals surface area contributed by atoms with Crippen LogP contribution >= 0.6 is 15.9 Å². The number of ether oxygens (including phenoxy) is 1. The van der Waals surface area contributed by atoms with Crippen LogP contribution in [0.5, 0.6) is 5.75 Å². The number of aryl methyl sites for hydroxylation is 1. The summed E-state index contributed by atoms with van der Waals surface area (Å²) in [6.45, 7) is -1.11. The molecule has 128 valence electrons. The molecule has 1 amide bonds. The number of hydrogen-bond donors (Lipinski definition) is 1. The van der Waals surface area contributed by atoms with Crippen LogP contribution in [-0.2, 0) is 4.79 Å². The Morgan fingerprint density at radius 3 is 2.56 bits per heavy atom. The summed E-state index contributed by atoms with van der Waals surface area (Å²) >= 11 is 3.22. The van der Waals surface area contributed by atoms with Gasteiger partial charge in [0.05, 0.1) is 0 Å². The standard InChI is InChI=1S/C18H13BrF2N2O2/c1-11-2-5-15(6-3-11)23-17(24)13(10-22)8-12-9-14(19)4-7-16(12)25-18(20)21/h2-9,18H,1H3,(H,23,24)/b13-8+. The van der Waals surface area contributed by atoms with E-state index >= 15 is 0 Å². The number of rotatable bonds is 5. The predicted molar refractivity (Wildman–Crippen MR) is 94.2 cm³/mol. The maximum absolute atomic E-state index is 12.5. The van der Waals surface area contributed by atoms with Gasteiger partial charge >= 0.3 is 6.61 Å². The number of nitriles is 1. The minimum absolute atomic E-state index is 0.130. The molecule has 0 aliphatic carbocycles. The number of carbonyl (C=O) groups excluding carboxylic acids is 1. The van der Waals surface area contributed by atoms with E-state index in [4.69, 9.17) is 0 Å². The van der Waals surface area contributed by atoms with Gasteiger partial charge < -0.3 is 10.1 Å². The van der Waals surface area contributed by atoms with Gasteiger partial charge in [-0.2, -0.15) is 14.0 Å². The van der Waals surface area contributed by atoms with Gasteiger partial charge in [0, 0.05) is 15.7 Å². The van der Waals surface area contributed by atoms with E-state index in [0.717, 1.165) is 5.56 Å². The smallest absolute Gasteiger partial charge is 0.387 e. The first-order valence-electron chi connectivity index (χ1n) is 7.13. The van der Waals surface area contributed by atoms with Gasteiger partial charge in [0.1, 0.15) is 17.4 Å². The molecule has 0 aliphatic rings. The number of amides is 1. The van der Waals surface area contributed by atoms with Crippen molar-refractivity contribution in [2.45, 2.75) is 13.5 Å². The van der Waals surface area contributed by atoms with Crippen LogP contribution in [0.3, 0.4) is 0 Å². The second kappa shape index (κ2) is 8.40. The minimum atomic E-state index is -3.01. The zero-order valence-electron chi connectivity index (χ0n) is 13.1. The number of nitrogens with zero attached hydrogens (tertiary/aromatic N) is 1. The van der Waals surface area contributed by atoms with Gasteiger partial charge in [-0.25, -0.2) is 0 Å². The average molecular weight is 407 g/mol. The summed E-state index contributed by atoms with van der Waals surface area (Å²) in [4.78, 5) is 12.2. The summed E-state index contributed by atoms with van der Waals surface area (Å²) in [5, 5.41) is 11.8. The lowest BCUT2D eigenvalue weighted by Crippen LogP contribution is -2.13. The molecule has 0 unspecified atom stereocenters. The largest absolute Gasteiger partial charge is 0.434 e. The van der Waals surface area contributed by atoms with Crippen LogP contribution in [0.15, 0.2) is 52.5 Å². The van der Waals surface area contributed by atoms with Crippen molar-refractivity contribution in [3.05, 3.63) is 63.6 Å². The van der Waals surface area contributed by atoms with E-state index in [9.17, 15) is 18.8 Å². The van der Waals surface area contributed by atoms with E-state index < -0.39 is 12.5 Å². The Balaban J connectivity index is 2.30. The highest BCUT2D eigenvalue weighted by molar-refractivity contribution is 9.10. The summed E-state index contributed by atoms with van der Waals surface area (Å²) in [7, 11) is 0. The number of alkyl halides is 2. The first-order valence-corrected chi connectivity index (χ1v) is 7.92. The first-order chi connectivity index (χ1) is 11.9. The number of carbonyl (C=O) groups is 1. The Labute approximate surface area is 151 Å². The van der Waals surface area contributed by atoms with Gasteiger partial charge in [-0.15, -0.1) is 0 Å². The lowest BCUT2D eigenvalue weighted by molar-refractivity contribution is -0.112. The third kappa shape index (κ3) is 5.40. The summed E-state index contributed by atoms with van der Waals surface area (Å²) in [6, 6.07) is 13.1. The number of halogens is 3. The molecule has 0 atom stereocenters. The van der Waals surface area contributed by atoms with Crippen molar-refractivity contribution in [1.82, 2.24) is 0 Å². The van der Waals surface area contributed by atoms with Gasteiger partial charge in [-0.3, -0.25) is 4.79 Å². The monoisotopic (exact) mass is 406 g/mol. The fraction of sp³-hybridized carbons (Fsp3) is 0.111. The maximum atomic E-state index is 12.5. The molecule has 7 heteroatoms. The van der Waals surface area contributed by atoms with Crippen LogP contribution < -0.4 is 10.1 Å². The SMILES string of the molecule is Cc1ccc(NC(=O)/C(C#N)=C/c2cc(Br)ccc2OC(F)F)cc1. The summed E-state index contributed by atoms with van der Waals surface area (Å²) in [6.07, 6.45) is 1.20. The fourth-order valence-electron chi connectivity index (χ4n) is 1.97. The molecule has 0 aromatic heterocycles. The molecule has 2 aromatic rings. The molecular weight excluding hydrogens is 394 g/mol. The van der Waals surface area contributed by atoms with Crippen molar-refractivity contribution in [3.8, 4) is 11.8 Å². The highest BCUT2D eigenvalue weighted by Crippen LogP contribution is 2.27. The fourth-order valence-corrected chi connectivity index (χ4v) is 2.35. The van der Waals surface area contributed by atoms with E-state index in [0.29, 0.717) is 10.2 Å². The Bertz CT molecular complexity index is 843. The van der Waals surface area contributed by atoms with Gasteiger partial charge in [0.15, 0.2) is 0 Å². The molecule has 0 bridgehead atoms. The Morgan fingerprint density at radius 1 is 1.28 bits per heavy atom. The highest BCUT2D eigenvalue weighted by Gasteiger charge is 2.13. The number of anilines is 1. The van der Waals surface area contributed by atoms with E-state index in [1.807, 2.05) is 19.1 Å². The normalized spacial score (nSPS) is 11.1. The van der Waals surface area contributed by atoms with Gasteiger partial charge in [0.2, 0.25) is 0 Å². The lowest BCUT2D eigenvalue weighted by atomic mass is 10.1. The van der Waals surface area contributed by atoms with Crippen LogP contribution in [0.4, 0.5) is 14.5 Å². The van der Waals surface area contributed by atoms with Crippen molar-refractivity contribution >= 4 is 33.6 Å². The van der Waals surface area contributed by atoms with E-state index in [1.165, 1.54) is 24.3 Å². The van der Waals surface area contributed by atoms with E-state index in [1.54, 1.807) is 18.2 Å². The second-order valence-electron chi connectivity index (χ2n) is 5.05. The van der Waals surface area contributed by atoms with Crippen LogP contribution in [0.2, 0.25) is 0 Å². The average Bonchev–Trinajstić information content (AvgIpc) is 2.56. The summed E-state index contributed by atoms with van der Waals surface area (Å²) in [5.41, 5.74) is 1.50. The molecule has 0 aliphatic heterocycles. The molecule has 2 rings (SSSR count). The molecule has 25 heavy (non-hydrogen) atoms. The molecule has 0 saturated heterocycles. The molecule has 0 fully saturated rings.